The van der Waals surface area contributed by atoms with Gasteiger partial charge in [-0.15, -0.1) is 6.58 Å². The first-order valence-electron chi connectivity index (χ1n) is 6.03. The molecule has 4 nitrogen and oxygen atoms in total. The van der Waals surface area contributed by atoms with E-state index in [2.05, 4.69) is 6.58 Å². The van der Waals surface area contributed by atoms with E-state index in [1.807, 2.05) is 0 Å². The molecule has 0 bridgehead atoms. The molecule has 0 unspecified atom stereocenters. The van der Waals surface area contributed by atoms with Crippen molar-refractivity contribution in [3.8, 4) is 0 Å². The van der Waals surface area contributed by atoms with E-state index in [0.717, 1.165) is 5.56 Å². The van der Waals surface area contributed by atoms with Gasteiger partial charge in [-0.3, -0.25) is 4.79 Å². The fraction of sp³-hybridized carbons (Fsp3) is 0.286. The third-order valence-corrected chi connectivity index (χ3v) is 2.67. The number of alkyl halides is 3. The number of amides is 1. The number of nitrogens with one attached hydrogen (secondary N) is 1. The lowest BCUT2D eigenvalue weighted by atomic mass is 10.0. The Labute approximate surface area is 119 Å². The molecule has 0 saturated carbocycles. The van der Waals surface area contributed by atoms with Crippen LogP contribution in [0.3, 0.4) is 0 Å². The fourth-order valence-electron chi connectivity index (χ4n) is 1.73. The van der Waals surface area contributed by atoms with Crippen molar-refractivity contribution in [1.82, 2.24) is 5.32 Å². The van der Waals surface area contributed by atoms with E-state index in [1.54, 1.807) is 30.3 Å². The summed E-state index contributed by atoms with van der Waals surface area (Å²) in [7, 11) is 0. The van der Waals surface area contributed by atoms with Crippen molar-refractivity contribution in [3.05, 3.63) is 48.0 Å². The molecule has 0 aliphatic carbocycles. The molecule has 0 saturated heterocycles. The topological polar surface area (TPSA) is 66.4 Å². The van der Waals surface area contributed by atoms with Gasteiger partial charge in [0, 0.05) is 6.42 Å². The van der Waals surface area contributed by atoms with Gasteiger partial charge in [-0.05, 0) is 17.5 Å². The van der Waals surface area contributed by atoms with E-state index in [1.165, 1.54) is 5.32 Å². The fourth-order valence-corrected chi connectivity index (χ4v) is 1.73. The third-order valence-electron chi connectivity index (χ3n) is 2.67. The first-order chi connectivity index (χ1) is 9.74. The van der Waals surface area contributed by atoms with Gasteiger partial charge in [-0.1, -0.05) is 30.3 Å². The van der Waals surface area contributed by atoms with Crippen LogP contribution in [-0.4, -0.2) is 29.2 Å². The molecular formula is C14H14F3NO3. The molecule has 1 amide bonds. The summed E-state index contributed by atoms with van der Waals surface area (Å²) in [6.07, 6.45) is -3.14. The van der Waals surface area contributed by atoms with Crippen LogP contribution in [0.25, 0.3) is 0 Å². The van der Waals surface area contributed by atoms with Crippen molar-refractivity contribution in [2.45, 2.75) is 25.1 Å². The van der Waals surface area contributed by atoms with Crippen LogP contribution >= 0.6 is 0 Å². The summed E-state index contributed by atoms with van der Waals surface area (Å²) < 4.78 is 36.5. The smallest absolute Gasteiger partial charge is 0.471 e. The van der Waals surface area contributed by atoms with Gasteiger partial charge in [-0.25, -0.2) is 4.79 Å². The highest BCUT2D eigenvalue weighted by Gasteiger charge is 2.40. The van der Waals surface area contributed by atoms with Crippen molar-refractivity contribution < 1.29 is 27.9 Å². The first-order valence-corrected chi connectivity index (χ1v) is 6.03. The number of carboxylic acid groups (broad SMARTS) is 1. The predicted molar refractivity (Wildman–Crippen MR) is 69.7 cm³/mol. The van der Waals surface area contributed by atoms with Gasteiger partial charge in [0.2, 0.25) is 0 Å². The summed E-state index contributed by atoms with van der Waals surface area (Å²) in [5, 5.41) is 10.4. The minimum atomic E-state index is -5.11. The maximum atomic E-state index is 12.2. The second kappa shape index (κ2) is 6.92. The van der Waals surface area contributed by atoms with Gasteiger partial charge in [0.1, 0.15) is 6.04 Å². The maximum Gasteiger partial charge on any atom is 0.471 e. The summed E-state index contributed by atoms with van der Waals surface area (Å²) in [5.74, 6) is -3.79. The van der Waals surface area contributed by atoms with Crippen molar-refractivity contribution in [1.29, 1.82) is 0 Å². The minimum Gasteiger partial charge on any atom is -0.480 e. The number of carbonyl (C=O) groups excluding carboxylic acids is 1. The average molecular weight is 301 g/mol. The van der Waals surface area contributed by atoms with Crippen LogP contribution in [0, 0.1) is 0 Å². The van der Waals surface area contributed by atoms with E-state index >= 15 is 0 Å². The Morgan fingerprint density at radius 2 is 1.95 bits per heavy atom. The monoisotopic (exact) mass is 301 g/mol. The second-order valence-corrected chi connectivity index (χ2v) is 4.38. The lowest BCUT2D eigenvalue weighted by Crippen LogP contribution is -2.47. The van der Waals surface area contributed by atoms with Crippen LogP contribution in [-0.2, 0) is 22.4 Å². The SMILES string of the molecule is C=CCc1cccc(C[C@H](NC(=O)C(F)(F)F)C(=O)O)c1. The number of halogens is 3. The summed E-state index contributed by atoms with van der Waals surface area (Å²) >= 11 is 0. The summed E-state index contributed by atoms with van der Waals surface area (Å²) in [4.78, 5) is 21.8. The van der Waals surface area contributed by atoms with Crippen LogP contribution in [0.15, 0.2) is 36.9 Å². The number of benzene rings is 1. The molecule has 2 N–H and O–H groups in total. The third kappa shape index (κ3) is 5.29. The Morgan fingerprint density at radius 1 is 1.33 bits per heavy atom. The van der Waals surface area contributed by atoms with Gasteiger partial charge in [0.15, 0.2) is 0 Å². The van der Waals surface area contributed by atoms with Crippen molar-refractivity contribution in [3.63, 3.8) is 0 Å². The van der Waals surface area contributed by atoms with Gasteiger partial charge in [0.25, 0.3) is 0 Å². The zero-order valence-corrected chi connectivity index (χ0v) is 11.0. The lowest BCUT2D eigenvalue weighted by Gasteiger charge is -2.16. The number of carbonyl (C=O) groups is 2. The molecule has 1 atom stereocenters. The quantitative estimate of drug-likeness (QED) is 0.791. The highest BCUT2D eigenvalue weighted by atomic mass is 19.4. The van der Waals surface area contributed by atoms with Gasteiger partial charge in [0.05, 0.1) is 0 Å². The summed E-state index contributed by atoms with van der Waals surface area (Å²) in [5.41, 5.74) is 1.37. The van der Waals surface area contributed by atoms with Gasteiger partial charge < -0.3 is 10.4 Å². The molecule has 21 heavy (non-hydrogen) atoms. The predicted octanol–water partition coefficient (Wildman–Crippen LogP) is 2.09. The Morgan fingerprint density at radius 3 is 2.48 bits per heavy atom. The molecule has 1 rings (SSSR count). The zero-order valence-electron chi connectivity index (χ0n) is 11.0. The highest BCUT2D eigenvalue weighted by Crippen LogP contribution is 2.15. The molecule has 7 heteroatoms. The van der Waals surface area contributed by atoms with Crippen LogP contribution < -0.4 is 5.32 Å². The zero-order chi connectivity index (χ0) is 16.0. The van der Waals surface area contributed by atoms with Crippen molar-refractivity contribution in [2.24, 2.45) is 0 Å². The molecule has 0 fully saturated rings. The molecular weight excluding hydrogens is 287 g/mol. The van der Waals surface area contributed by atoms with Crippen LogP contribution in [0.5, 0.6) is 0 Å². The number of allylic oxidation sites excluding steroid dienone is 1. The molecule has 0 spiro atoms. The Balaban J connectivity index is 2.84. The van der Waals surface area contributed by atoms with Crippen LogP contribution in [0.4, 0.5) is 13.2 Å². The molecule has 0 radical (unpaired) electrons. The highest BCUT2D eigenvalue weighted by molar-refractivity contribution is 5.87. The van der Waals surface area contributed by atoms with Crippen molar-refractivity contribution in [2.75, 3.05) is 0 Å². The standard InChI is InChI=1S/C14H14F3NO3/c1-2-4-9-5-3-6-10(7-9)8-11(12(19)20)18-13(21)14(15,16)17/h2-3,5-7,11H,1,4,8H2,(H,18,21)(H,19,20)/t11-/m0/s1. The normalized spacial score (nSPS) is 12.5. The van der Waals surface area contributed by atoms with Gasteiger partial charge >= 0.3 is 18.1 Å². The largest absolute Gasteiger partial charge is 0.480 e. The summed E-state index contributed by atoms with van der Waals surface area (Å²) in [6.45, 7) is 3.57. The van der Waals surface area contributed by atoms with E-state index in [0.29, 0.717) is 12.0 Å². The van der Waals surface area contributed by atoms with Gasteiger partial charge in [-0.2, -0.15) is 13.2 Å². The molecule has 0 aliphatic heterocycles. The maximum absolute atomic E-state index is 12.2. The number of aliphatic carboxylic acids is 1. The van der Waals surface area contributed by atoms with E-state index in [4.69, 9.17) is 5.11 Å². The summed E-state index contributed by atoms with van der Waals surface area (Å²) in [6, 6.07) is 5.06. The number of hydrogen-bond donors (Lipinski definition) is 2. The molecule has 0 heterocycles. The first kappa shape index (κ1) is 16.7. The molecule has 114 valence electrons. The Bertz CT molecular complexity index is 541. The molecule has 0 aromatic heterocycles. The van der Waals surface area contributed by atoms with Crippen molar-refractivity contribution >= 4 is 11.9 Å². The average Bonchev–Trinajstić information content (AvgIpc) is 2.37. The molecule has 0 aliphatic rings. The second-order valence-electron chi connectivity index (χ2n) is 4.38. The molecule has 1 aromatic carbocycles. The Hall–Kier alpha value is -2.31. The number of carboxylic acids is 1. The van der Waals surface area contributed by atoms with E-state index in [9.17, 15) is 22.8 Å². The Kier molecular flexibility index (Phi) is 5.52. The van der Waals surface area contributed by atoms with E-state index < -0.39 is 24.1 Å². The number of hydrogen-bond acceptors (Lipinski definition) is 2. The van der Waals surface area contributed by atoms with E-state index in [-0.39, 0.29) is 6.42 Å². The lowest BCUT2D eigenvalue weighted by molar-refractivity contribution is -0.175. The minimum absolute atomic E-state index is 0.234. The molecule has 1 aromatic rings. The number of rotatable bonds is 6. The van der Waals surface area contributed by atoms with Crippen LogP contribution in [0.2, 0.25) is 0 Å². The van der Waals surface area contributed by atoms with Crippen LogP contribution in [0.1, 0.15) is 11.1 Å².